The maximum Gasteiger partial charge on any atom is 0.0991 e. The van der Waals surface area contributed by atoms with Gasteiger partial charge in [-0.3, -0.25) is 4.98 Å². The van der Waals surface area contributed by atoms with Crippen LogP contribution < -0.4 is 4.90 Å². The number of nitrogens with zero attached hydrogens (tertiary/aromatic N) is 3. The Morgan fingerprint density at radius 1 is 0.396 bits per heavy atom. The van der Waals surface area contributed by atoms with Crippen molar-refractivity contribution < 1.29 is 0 Å². The van der Waals surface area contributed by atoms with Gasteiger partial charge in [0, 0.05) is 17.6 Å². The van der Waals surface area contributed by atoms with E-state index in [0.717, 1.165) is 22.6 Å². The Balaban J connectivity index is 1.18. The molecule has 1 aromatic heterocycles. The van der Waals surface area contributed by atoms with Crippen molar-refractivity contribution in [3.05, 3.63) is 194 Å². The molecule has 3 heteroatoms. The van der Waals surface area contributed by atoms with Gasteiger partial charge >= 0.3 is 0 Å². The van der Waals surface area contributed by atoms with Crippen LogP contribution in [0.2, 0.25) is 0 Å². The molecule has 0 saturated heterocycles. The first kappa shape index (κ1) is 30.5. The van der Waals surface area contributed by atoms with E-state index in [0.29, 0.717) is 5.56 Å². The van der Waals surface area contributed by atoms with E-state index in [1.165, 1.54) is 71.6 Å². The highest BCUT2D eigenvalue weighted by Gasteiger charge is 2.31. The number of benzene rings is 8. The van der Waals surface area contributed by atoms with E-state index >= 15 is 0 Å². The van der Waals surface area contributed by atoms with Crippen molar-refractivity contribution in [2.24, 2.45) is 0 Å². The standard InChI is InChI=1S/C50H31N3/c51-31-33-20-24-37(25-21-33)53(39-15-10-30-52-32-39)38-26-22-34(23-27-38)40-28-29-45-48-41(40)18-9-19-44(48)49-46(35-11-3-1-4-12-35)42-16-7-8-17-43(42)47(50(45)49)36-13-5-2-6-14-36/h1-30,32H. The summed E-state index contributed by atoms with van der Waals surface area (Å²) in [6.45, 7) is 0. The predicted molar refractivity (Wildman–Crippen MR) is 219 cm³/mol. The maximum atomic E-state index is 9.41. The Kier molecular flexibility index (Phi) is 7.20. The second-order valence-corrected chi connectivity index (χ2v) is 13.4. The average Bonchev–Trinajstić information content (AvgIpc) is 3.56. The topological polar surface area (TPSA) is 39.9 Å². The van der Waals surface area contributed by atoms with E-state index in [9.17, 15) is 5.26 Å². The molecule has 9 aromatic rings. The van der Waals surface area contributed by atoms with Gasteiger partial charge in [0.1, 0.15) is 0 Å². The Hall–Kier alpha value is -7.28. The van der Waals surface area contributed by atoms with Gasteiger partial charge in [0.05, 0.1) is 23.5 Å². The van der Waals surface area contributed by atoms with Crippen LogP contribution in [0, 0.1) is 11.3 Å². The number of rotatable bonds is 6. The molecule has 0 atom stereocenters. The number of fused-ring (bicyclic) bond motifs is 4. The van der Waals surface area contributed by atoms with Gasteiger partial charge in [0.2, 0.25) is 0 Å². The fraction of sp³-hybridized carbons (Fsp3) is 0. The lowest BCUT2D eigenvalue weighted by atomic mass is 9.82. The molecule has 8 aromatic carbocycles. The van der Waals surface area contributed by atoms with Crippen LogP contribution in [0.15, 0.2) is 188 Å². The summed E-state index contributed by atoms with van der Waals surface area (Å²) in [5.41, 5.74) is 16.1. The number of pyridine rings is 1. The molecule has 0 saturated carbocycles. The molecule has 1 heterocycles. The fourth-order valence-electron chi connectivity index (χ4n) is 8.27. The molecule has 0 unspecified atom stereocenters. The summed E-state index contributed by atoms with van der Waals surface area (Å²) < 4.78 is 0. The van der Waals surface area contributed by atoms with Crippen molar-refractivity contribution in [2.75, 3.05) is 4.90 Å². The minimum absolute atomic E-state index is 0.629. The summed E-state index contributed by atoms with van der Waals surface area (Å²) in [5.74, 6) is 0. The molecule has 0 amide bonds. The minimum Gasteiger partial charge on any atom is -0.309 e. The summed E-state index contributed by atoms with van der Waals surface area (Å²) in [6, 6.07) is 64.8. The molecule has 0 radical (unpaired) electrons. The third kappa shape index (κ3) is 4.93. The Labute approximate surface area is 308 Å². The van der Waals surface area contributed by atoms with Gasteiger partial charge in [-0.05, 0) is 126 Å². The molecular formula is C50H31N3. The highest BCUT2D eigenvalue weighted by atomic mass is 15.1. The lowest BCUT2D eigenvalue weighted by molar-refractivity contribution is 1.23. The molecule has 10 rings (SSSR count). The zero-order valence-electron chi connectivity index (χ0n) is 28.7. The van der Waals surface area contributed by atoms with Crippen molar-refractivity contribution in [2.45, 2.75) is 0 Å². The van der Waals surface area contributed by atoms with Gasteiger partial charge in [-0.25, -0.2) is 0 Å². The number of anilines is 3. The third-order valence-corrected chi connectivity index (χ3v) is 10.5. The number of hydrogen-bond acceptors (Lipinski definition) is 3. The SMILES string of the molecule is N#Cc1ccc(N(c2ccc(-c3ccc4c5c(cccc35)-c3c-4c(-c4ccccc4)c4ccccc4c3-c3ccccc3)cc2)c2cccnc2)cc1. The summed E-state index contributed by atoms with van der Waals surface area (Å²) in [6.07, 6.45) is 3.65. The minimum atomic E-state index is 0.629. The Bertz CT molecular complexity index is 2760. The van der Waals surface area contributed by atoms with Crippen LogP contribution in [0.25, 0.3) is 77.2 Å². The zero-order chi connectivity index (χ0) is 35.3. The molecular weight excluding hydrogens is 643 g/mol. The number of nitriles is 1. The fourth-order valence-corrected chi connectivity index (χ4v) is 8.27. The third-order valence-electron chi connectivity index (χ3n) is 10.5. The first-order valence-corrected chi connectivity index (χ1v) is 17.9. The van der Waals surface area contributed by atoms with Gasteiger partial charge in [-0.15, -0.1) is 0 Å². The van der Waals surface area contributed by atoms with Gasteiger partial charge in [-0.1, -0.05) is 127 Å². The molecule has 0 aliphatic heterocycles. The highest BCUT2D eigenvalue weighted by Crippen LogP contribution is 2.58. The van der Waals surface area contributed by atoms with Gasteiger partial charge < -0.3 is 4.90 Å². The first-order chi connectivity index (χ1) is 26.3. The predicted octanol–water partition coefficient (Wildman–Crippen LogP) is 13.4. The lowest BCUT2D eigenvalue weighted by Crippen LogP contribution is -2.10. The monoisotopic (exact) mass is 673 g/mol. The molecule has 0 bridgehead atoms. The maximum absolute atomic E-state index is 9.41. The largest absolute Gasteiger partial charge is 0.309 e. The van der Waals surface area contributed by atoms with Crippen LogP contribution in [0.4, 0.5) is 17.1 Å². The normalized spacial score (nSPS) is 11.4. The molecule has 1 aliphatic rings. The van der Waals surface area contributed by atoms with Crippen LogP contribution in [0.3, 0.4) is 0 Å². The van der Waals surface area contributed by atoms with Crippen LogP contribution in [-0.4, -0.2) is 4.98 Å². The smallest absolute Gasteiger partial charge is 0.0991 e. The van der Waals surface area contributed by atoms with Gasteiger partial charge in [-0.2, -0.15) is 5.26 Å². The molecule has 0 N–H and O–H groups in total. The second kappa shape index (κ2) is 12.5. The van der Waals surface area contributed by atoms with E-state index < -0.39 is 0 Å². The summed E-state index contributed by atoms with van der Waals surface area (Å²) in [5, 5.41) is 14.5. The van der Waals surface area contributed by atoms with Crippen LogP contribution in [0.5, 0.6) is 0 Å². The average molecular weight is 674 g/mol. The van der Waals surface area contributed by atoms with Gasteiger partial charge in [0.25, 0.3) is 0 Å². The molecule has 1 aliphatic carbocycles. The van der Waals surface area contributed by atoms with Gasteiger partial charge in [0.15, 0.2) is 0 Å². The van der Waals surface area contributed by atoms with E-state index in [2.05, 4.69) is 162 Å². The van der Waals surface area contributed by atoms with Crippen molar-refractivity contribution in [1.82, 2.24) is 4.98 Å². The molecule has 246 valence electrons. The number of aromatic nitrogens is 1. The summed E-state index contributed by atoms with van der Waals surface area (Å²) >= 11 is 0. The highest BCUT2D eigenvalue weighted by molar-refractivity contribution is 6.28. The van der Waals surface area contributed by atoms with Crippen molar-refractivity contribution >= 4 is 38.6 Å². The Morgan fingerprint density at radius 2 is 0.943 bits per heavy atom. The van der Waals surface area contributed by atoms with Crippen molar-refractivity contribution in [3.63, 3.8) is 0 Å². The van der Waals surface area contributed by atoms with Crippen LogP contribution in [-0.2, 0) is 0 Å². The first-order valence-electron chi connectivity index (χ1n) is 17.9. The Morgan fingerprint density at radius 3 is 1.53 bits per heavy atom. The summed E-state index contributed by atoms with van der Waals surface area (Å²) in [7, 11) is 0. The lowest BCUT2D eigenvalue weighted by Gasteiger charge is -2.25. The van der Waals surface area contributed by atoms with E-state index in [1.807, 2.05) is 36.5 Å². The van der Waals surface area contributed by atoms with Crippen molar-refractivity contribution in [3.8, 4) is 61.7 Å². The van der Waals surface area contributed by atoms with E-state index in [4.69, 9.17) is 0 Å². The van der Waals surface area contributed by atoms with E-state index in [-0.39, 0.29) is 0 Å². The number of hydrogen-bond donors (Lipinski definition) is 0. The van der Waals surface area contributed by atoms with Crippen LogP contribution >= 0.6 is 0 Å². The van der Waals surface area contributed by atoms with Crippen molar-refractivity contribution in [1.29, 1.82) is 5.26 Å². The van der Waals surface area contributed by atoms with Crippen LogP contribution in [0.1, 0.15) is 5.56 Å². The molecule has 0 spiro atoms. The second-order valence-electron chi connectivity index (χ2n) is 13.4. The zero-order valence-corrected chi connectivity index (χ0v) is 28.7. The molecule has 3 nitrogen and oxygen atoms in total. The molecule has 0 fully saturated rings. The van der Waals surface area contributed by atoms with E-state index in [1.54, 1.807) is 6.20 Å². The summed E-state index contributed by atoms with van der Waals surface area (Å²) in [4.78, 5) is 6.57. The molecule has 53 heavy (non-hydrogen) atoms. The quantitative estimate of drug-likeness (QED) is 0.176.